The predicted molar refractivity (Wildman–Crippen MR) is 117 cm³/mol. The molecule has 0 saturated heterocycles. The minimum Gasteiger partial charge on any atom is -0.467 e. The summed E-state index contributed by atoms with van der Waals surface area (Å²) in [5.41, 5.74) is 2.89. The third kappa shape index (κ3) is 3.52. The number of nitriles is 1. The van der Waals surface area contributed by atoms with Crippen LogP contribution in [0.4, 0.5) is 0 Å². The third-order valence-corrected chi connectivity index (χ3v) is 5.78. The van der Waals surface area contributed by atoms with Crippen LogP contribution in [0.25, 0.3) is 10.9 Å². The van der Waals surface area contributed by atoms with Crippen molar-refractivity contribution in [2.75, 3.05) is 0 Å². The van der Waals surface area contributed by atoms with Gasteiger partial charge in [-0.15, -0.1) is 0 Å². The van der Waals surface area contributed by atoms with Gasteiger partial charge in [0.1, 0.15) is 17.5 Å². The Bertz CT molecular complexity index is 1330. The van der Waals surface area contributed by atoms with Crippen LogP contribution >= 0.6 is 0 Å². The van der Waals surface area contributed by atoms with Gasteiger partial charge in [-0.1, -0.05) is 30.3 Å². The molecule has 0 unspecified atom stereocenters. The minimum atomic E-state index is -0.684. The van der Waals surface area contributed by atoms with E-state index in [9.17, 15) is 9.59 Å². The zero-order chi connectivity index (χ0) is 22.1. The van der Waals surface area contributed by atoms with Gasteiger partial charge in [0.05, 0.1) is 31.0 Å². The first kappa shape index (κ1) is 19.6. The van der Waals surface area contributed by atoms with Crippen molar-refractivity contribution < 1.29 is 14.0 Å². The van der Waals surface area contributed by atoms with Gasteiger partial charge in [0.15, 0.2) is 0 Å². The molecule has 158 valence electrons. The first-order chi connectivity index (χ1) is 15.6. The highest BCUT2D eigenvalue weighted by atomic mass is 16.3. The molecule has 1 atom stereocenters. The molecule has 2 amide bonds. The van der Waals surface area contributed by atoms with E-state index in [0.29, 0.717) is 23.6 Å². The average Bonchev–Trinajstić information content (AvgIpc) is 3.47. The molecule has 5 rings (SSSR count). The molecule has 3 heterocycles. The lowest BCUT2D eigenvalue weighted by molar-refractivity contribution is -0.127. The maximum absolute atomic E-state index is 13.5. The number of para-hydroxylation sites is 1. The van der Waals surface area contributed by atoms with Crippen molar-refractivity contribution in [3.05, 3.63) is 95.6 Å². The lowest BCUT2D eigenvalue weighted by atomic mass is 10.1. The zero-order valence-electron chi connectivity index (χ0n) is 17.2. The minimum absolute atomic E-state index is 0.199. The summed E-state index contributed by atoms with van der Waals surface area (Å²) in [4.78, 5) is 28.3. The fraction of sp³-hybridized carbons (Fsp3) is 0.160. The van der Waals surface area contributed by atoms with Crippen LogP contribution in [0.1, 0.15) is 27.4 Å². The van der Waals surface area contributed by atoms with E-state index >= 15 is 0 Å². The van der Waals surface area contributed by atoms with Crippen molar-refractivity contribution in [2.45, 2.75) is 25.7 Å². The van der Waals surface area contributed by atoms with Gasteiger partial charge in [0.25, 0.3) is 5.91 Å². The molecule has 0 aliphatic carbocycles. The maximum atomic E-state index is 13.5. The van der Waals surface area contributed by atoms with Gasteiger partial charge in [0, 0.05) is 17.4 Å². The van der Waals surface area contributed by atoms with Gasteiger partial charge >= 0.3 is 0 Å². The van der Waals surface area contributed by atoms with Gasteiger partial charge in [0.2, 0.25) is 5.91 Å². The number of fused-ring (bicyclic) bond motifs is 3. The Morgan fingerprint density at radius 2 is 1.94 bits per heavy atom. The molecule has 1 N–H and O–H groups in total. The molecule has 4 aromatic rings. The third-order valence-electron chi connectivity index (χ3n) is 5.78. The van der Waals surface area contributed by atoms with Crippen LogP contribution in [0.5, 0.6) is 0 Å². The number of nitrogens with one attached hydrogen (secondary N) is 1. The smallest absolute Gasteiger partial charge is 0.271 e. The molecule has 7 nitrogen and oxygen atoms in total. The molecule has 0 bridgehead atoms. The van der Waals surface area contributed by atoms with E-state index in [1.54, 1.807) is 35.4 Å². The molecule has 2 aromatic carbocycles. The zero-order valence-corrected chi connectivity index (χ0v) is 17.2. The number of carbonyl (C=O) groups is 2. The molecule has 1 aliphatic rings. The Morgan fingerprint density at radius 1 is 1.12 bits per heavy atom. The Hall–Kier alpha value is -4.31. The highest BCUT2D eigenvalue weighted by molar-refractivity contribution is 6.02. The lowest BCUT2D eigenvalue weighted by Crippen LogP contribution is -2.54. The molecule has 0 spiro atoms. The predicted octanol–water partition coefficient (Wildman–Crippen LogP) is 3.45. The number of furan rings is 1. The van der Waals surface area contributed by atoms with Crippen LogP contribution in [-0.2, 0) is 24.4 Å². The summed E-state index contributed by atoms with van der Waals surface area (Å²) in [5.74, 6) is 0.202. The fourth-order valence-electron chi connectivity index (χ4n) is 4.14. The number of benzene rings is 2. The SMILES string of the molecule is N#Cc1ccc(CN2C(=O)c3cc4ccccc4n3C[C@H]2C(=O)NCc2ccco2)cc1. The highest BCUT2D eigenvalue weighted by Gasteiger charge is 2.37. The van der Waals surface area contributed by atoms with Crippen LogP contribution in [-0.4, -0.2) is 27.3 Å². The first-order valence-electron chi connectivity index (χ1n) is 10.3. The van der Waals surface area contributed by atoms with E-state index in [1.807, 2.05) is 47.0 Å². The summed E-state index contributed by atoms with van der Waals surface area (Å²) in [6.07, 6.45) is 1.56. The Kier molecular flexibility index (Phi) is 4.96. The van der Waals surface area contributed by atoms with Gasteiger partial charge in [-0.05, 0) is 42.0 Å². The molecule has 0 fully saturated rings. The monoisotopic (exact) mass is 424 g/mol. The van der Waals surface area contributed by atoms with Crippen molar-refractivity contribution >= 4 is 22.7 Å². The standard InChI is InChI=1S/C25H20N4O3/c26-13-17-7-9-18(10-8-17)15-29-23(24(30)27-14-20-5-3-11-32-20)16-28-21-6-2-1-4-19(21)12-22(28)25(29)31/h1-12,23H,14-16H2,(H,27,30)/t23-/m0/s1. The highest BCUT2D eigenvalue weighted by Crippen LogP contribution is 2.28. The van der Waals surface area contributed by atoms with E-state index < -0.39 is 6.04 Å². The van der Waals surface area contributed by atoms with Gasteiger partial charge in [-0.2, -0.15) is 5.26 Å². The molecule has 32 heavy (non-hydrogen) atoms. The first-order valence-corrected chi connectivity index (χ1v) is 10.3. The summed E-state index contributed by atoms with van der Waals surface area (Å²) in [5, 5.41) is 12.9. The lowest BCUT2D eigenvalue weighted by Gasteiger charge is -2.36. The van der Waals surface area contributed by atoms with Crippen LogP contribution < -0.4 is 5.32 Å². The largest absolute Gasteiger partial charge is 0.467 e. The number of rotatable bonds is 5. The maximum Gasteiger partial charge on any atom is 0.271 e. The van der Waals surface area contributed by atoms with Crippen LogP contribution in [0.3, 0.4) is 0 Å². The van der Waals surface area contributed by atoms with E-state index in [2.05, 4.69) is 11.4 Å². The summed E-state index contributed by atoms with van der Waals surface area (Å²) in [6.45, 7) is 0.875. The molecule has 0 saturated carbocycles. The second kappa shape index (κ2) is 8.08. The number of hydrogen-bond acceptors (Lipinski definition) is 4. The van der Waals surface area contributed by atoms with E-state index in [1.165, 1.54) is 0 Å². The number of carbonyl (C=O) groups excluding carboxylic acids is 2. The molecular formula is C25H20N4O3. The Balaban J connectivity index is 1.48. The van der Waals surface area contributed by atoms with E-state index in [-0.39, 0.29) is 24.9 Å². The van der Waals surface area contributed by atoms with Crippen molar-refractivity contribution in [1.29, 1.82) is 5.26 Å². The quantitative estimate of drug-likeness (QED) is 0.531. The molecular weight excluding hydrogens is 404 g/mol. The van der Waals surface area contributed by atoms with Gasteiger partial charge in [-0.25, -0.2) is 0 Å². The number of aromatic nitrogens is 1. The fourth-order valence-corrected chi connectivity index (χ4v) is 4.14. The second-order valence-corrected chi connectivity index (χ2v) is 7.75. The number of amides is 2. The summed E-state index contributed by atoms with van der Waals surface area (Å²) >= 11 is 0. The molecule has 1 aliphatic heterocycles. The second-order valence-electron chi connectivity index (χ2n) is 7.75. The number of nitrogens with zero attached hydrogens (tertiary/aromatic N) is 3. The van der Waals surface area contributed by atoms with Crippen LogP contribution in [0.2, 0.25) is 0 Å². The van der Waals surface area contributed by atoms with Crippen molar-refractivity contribution in [1.82, 2.24) is 14.8 Å². The average molecular weight is 424 g/mol. The van der Waals surface area contributed by atoms with Crippen LogP contribution in [0.15, 0.2) is 77.4 Å². The molecule has 2 aromatic heterocycles. The summed E-state index contributed by atoms with van der Waals surface area (Å²) < 4.78 is 7.23. The Morgan fingerprint density at radius 3 is 2.69 bits per heavy atom. The van der Waals surface area contributed by atoms with Gasteiger partial charge in [-0.3, -0.25) is 9.59 Å². The number of hydrogen-bond donors (Lipinski definition) is 1. The Labute approximate surface area is 184 Å². The van der Waals surface area contributed by atoms with Crippen molar-refractivity contribution in [3.63, 3.8) is 0 Å². The topological polar surface area (TPSA) is 91.3 Å². The van der Waals surface area contributed by atoms with Crippen molar-refractivity contribution in [2.24, 2.45) is 0 Å². The molecule has 0 radical (unpaired) electrons. The van der Waals surface area contributed by atoms with E-state index in [4.69, 9.17) is 9.68 Å². The molecule has 7 heteroatoms. The van der Waals surface area contributed by atoms with Crippen LogP contribution in [0, 0.1) is 11.3 Å². The van der Waals surface area contributed by atoms with E-state index in [0.717, 1.165) is 16.5 Å². The van der Waals surface area contributed by atoms with Gasteiger partial charge < -0.3 is 19.2 Å². The normalized spacial score (nSPS) is 15.4. The summed E-state index contributed by atoms with van der Waals surface area (Å²) in [7, 11) is 0. The van der Waals surface area contributed by atoms with Crippen molar-refractivity contribution in [3.8, 4) is 6.07 Å². The summed E-state index contributed by atoms with van der Waals surface area (Å²) in [6, 6.07) is 21.7.